The van der Waals surface area contributed by atoms with Gasteiger partial charge in [0.1, 0.15) is 5.82 Å². The van der Waals surface area contributed by atoms with Gasteiger partial charge in [-0.25, -0.2) is 14.2 Å². The van der Waals surface area contributed by atoms with Crippen molar-refractivity contribution in [3.63, 3.8) is 0 Å². The molecule has 0 fully saturated rings. The number of hydroxylamine groups is 2. The number of thioether (sulfide) groups is 1. The van der Waals surface area contributed by atoms with Crippen molar-refractivity contribution in [3.05, 3.63) is 70.5 Å². The van der Waals surface area contributed by atoms with Crippen LogP contribution < -0.4 is 5.73 Å². The molecule has 3 N–H and O–H groups in total. The molecule has 3 rings (SSSR count). The molecule has 0 radical (unpaired) electrons. The summed E-state index contributed by atoms with van der Waals surface area (Å²) in [6.45, 7) is 2.16. The van der Waals surface area contributed by atoms with Crippen LogP contribution in [0.25, 0.3) is 17.2 Å². The lowest BCUT2D eigenvalue weighted by atomic mass is 10.0. The molecule has 2 amide bonds. The first-order valence-corrected chi connectivity index (χ1v) is 10.2. The van der Waals surface area contributed by atoms with Crippen LogP contribution in [-0.2, 0) is 0 Å². The van der Waals surface area contributed by atoms with E-state index in [9.17, 15) is 14.4 Å². The molecule has 146 valence electrons. The summed E-state index contributed by atoms with van der Waals surface area (Å²) in [5, 5.41) is 9.97. The van der Waals surface area contributed by atoms with E-state index >= 15 is 0 Å². The Morgan fingerprint density at radius 2 is 1.93 bits per heavy atom. The van der Waals surface area contributed by atoms with Crippen LogP contribution in [0.5, 0.6) is 0 Å². The minimum Gasteiger partial charge on any atom is -0.350 e. The highest BCUT2D eigenvalue weighted by atomic mass is 32.2. The number of nitrogens with two attached hydrogens (primary N) is 1. The smallest absolute Gasteiger partial charge is 0.338 e. The average molecular weight is 399 g/mol. The second-order valence-corrected chi connectivity index (χ2v) is 7.57. The van der Waals surface area contributed by atoms with Crippen molar-refractivity contribution in [1.29, 1.82) is 0 Å². The predicted molar refractivity (Wildman–Crippen MR) is 112 cm³/mol. The predicted octanol–water partition coefficient (Wildman–Crippen LogP) is 5.43. The number of hydrogen-bond acceptors (Lipinski definition) is 3. The Balaban J connectivity index is 1.92. The molecule has 0 heterocycles. The quantitative estimate of drug-likeness (QED) is 0.388. The van der Waals surface area contributed by atoms with Gasteiger partial charge in [-0.2, -0.15) is 0 Å². The topological polar surface area (TPSA) is 66.6 Å². The van der Waals surface area contributed by atoms with Gasteiger partial charge >= 0.3 is 6.03 Å². The van der Waals surface area contributed by atoms with Crippen molar-refractivity contribution in [1.82, 2.24) is 5.06 Å². The summed E-state index contributed by atoms with van der Waals surface area (Å²) < 4.78 is 13.9. The second kappa shape index (κ2) is 8.63. The Morgan fingerprint density at radius 3 is 2.57 bits per heavy atom. The number of carbonyl (C=O) groups is 1. The molecule has 28 heavy (non-hydrogen) atoms. The van der Waals surface area contributed by atoms with Gasteiger partial charge in [0.15, 0.2) is 0 Å². The largest absolute Gasteiger partial charge is 0.350 e. The van der Waals surface area contributed by atoms with Gasteiger partial charge in [0.25, 0.3) is 0 Å². The molecule has 2 aromatic rings. The lowest BCUT2D eigenvalue weighted by Crippen LogP contribution is -2.33. The lowest BCUT2D eigenvalue weighted by molar-refractivity contribution is -0.0396. The van der Waals surface area contributed by atoms with Gasteiger partial charge in [0.05, 0.1) is 6.54 Å². The fourth-order valence-electron chi connectivity index (χ4n) is 3.46. The second-order valence-electron chi connectivity index (χ2n) is 6.69. The zero-order valence-electron chi connectivity index (χ0n) is 15.9. The molecule has 0 aliphatic heterocycles. The van der Waals surface area contributed by atoms with Gasteiger partial charge < -0.3 is 5.73 Å². The molecule has 0 aromatic heterocycles. The molecule has 0 spiro atoms. The van der Waals surface area contributed by atoms with E-state index in [0.717, 1.165) is 33.4 Å². The van der Waals surface area contributed by atoms with Crippen molar-refractivity contribution in [2.24, 2.45) is 5.73 Å². The fourth-order valence-corrected chi connectivity index (χ4v) is 3.87. The van der Waals surface area contributed by atoms with E-state index in [1.807, 2.05) is 19.2 Å². The van der Waals surface area contributed by atoms with Crippen molar-refractivity contribution < 1.29 is 14.4 Å². The normalized spacial score (nSPS) is 14.5. The van der Waals surface area contributed by atoms with E-state index in [1.54, 1.807) is 17.8 Å². The highest BCUT2D eigenvalue weighted by molar-refractivity contribution is 7.98. The Kier molecular flexibility index (Phi) is 6.21. The van der Waals surface area contributed by atoms with Crippen molar-refractivity contribution in [2.75, 3.05) is 12.8 Å². The third-order valence-corrected chi connectivity index (χ3v) is 5.68. The first-order chi connectivity index (χ1) is 13.4. The Bertz CT molecular complexity index is 952. The first-order valence-electron chi connectivity index (χ1n) is 9.02. The van der Waals surface area contributed by atoms with E-state index < -0.39 is 6.03 Å². The van der Waals surface area contributed by atoms with Gasteiger partial charge in [0.2, 0.25) is 0 Å². The zero-order chi connectivity index (χ0) is 20.3. The molecule has 0 unspecified atom stereocenters. The number of nitrogens with zero attached hydrogens (tertiary/aromatic N) is 1. The van der Waals surface area contributed by atoms with E-state index in [-0.39, 0.29) is 12.4 Å². The maximum atomic E-state index is 13.9. The van der Waals surface area contributed by atoms with E-state index in [4.69, 9.17) is 5.73 Å². The lowest BCUT2D eigenvalue weighted by Gasteiger charge is -2.12. The van der Waals surface area contributed by atoms with Crippen LogP contribution in [0.3, 0.4) is 0 Å². The average Bonchev–Trinajstić information content (AvgIpc) is 2.93. The number of hydrogen-bond donors (Lipinski definition) is 2. The summed E-state index contributed by atoms with van der Waals surface area (Å²) in [4.78, 5) is 12.2. The molecule has 4 nitrogen and oxygen atoms in total. The standard InChI is InChI=1S/C22H23FN2O2S/c1-14-18(4-3-11-25(27)22(24)26)21-13-16(23)7-10-19(21)20(14)12-15-5-8-17(28-2)9-6-15/h5-10,12-13,27H,3-4,11H2,1-2H3,(H2,24,26). The number of amides is 2. The van der Waals surface area contributed by atoms with Gasteiger partial charge in [-0.05, 0) is 89.8 Å². The molecule has 1 aliphatic carbocycles. The molecule has 0 saturated heterocycles. The van der Waals surface area contributed by atoms with Crippen LogP contribution in [0.1, 0.15) is 36.5 Å². The van der Waals surface area contributed by atoms with Gasteiger partial charge in [-0.15, -0.1) is 11.8 Å². The first kappa shape index (κ1) is 20.2. The van der Waals surface area contributed by atoms with Crippen LogP contribution in [-0.4, -0.2) is 29.1 Å². The summed E-state index contributed by atoms with van der Waals surface area (Å²) in [5.41, 5.74) is 11.2. The number of rotatable bonds is 6. The minimum atomic E-state index is -0.877. The van der Waals surface area contributed by atoms with E-state index in [0.29, 0.717) is 17.9 Å². The number of allylic oxidation sites excluding steroid dienone is 3. The summed E-state index contributed by atoms with van der Waals surface area (Å²) in [6, 6.07) is 12.3. The number of primary amides is 1. The number of halogens is 1. The van der Waals surface area contributed by atoms with Crippen molar-refractivity contribution >= 4 is 35.0 Å². The van der Waals surface area contributed by atoms with Gasteiger partial charge in [0, 0.05) is 4.90 Å². The highest BCUT2D eigenvalue weighted by Crippen LogP contribution is 2.44. The Labute approximate surface area is 168 Å². The molecule has 0 bridgehead atoms. The maximum Gasteiger partial charge on any atom is 0.338 e. The van der Waals surface area contributed by atoms with E-state index in [2.05, 4.69) is 30.3 Å². The summed E-state index contributed by atoms with van der Waals surface area (Å²) >= 11 is 1.70. The number of urea groups is 1. The van der Waals surface area contributed by atoms with Crippen molar-refractivity contribution in [3.8, 4) is 0 Å². The number of benzene rings is 2. The molecule has 6 heteroatoms. The highest BCUT2D eigenvalue weighted by Gasteiger charge is 2.24. The Hall–Kier alpha value is -2.57. The minimum absolute atomic E-state index is 0.131. The van der Waals surface area contributed by atoms with Crippen LogP contribution in [0.15, 0.2) is 52.9 Å². The maximum absolute atomic E-state index is 13.9. The number of fused-ring (bicyclic) bond motifs is 1. The molecule has 2 aromatic carbocycles. The third kappa shape index (κ3) is 4.29. The summed E-state index contributed by atoms with van der Waals surface area (Å²) in [6.07, 6.45) is 5.29. The van der Waals surface area contributed by atoms with Crippen LogP contribution >= 0.6 is 11.8 Å². The zero-order valence-corrected chi connectivity index (χ0v) is 16.7. The van der Waals surface area contributed by atoms with Gasteiger partial charge in [-0.3, -0.25) is 5.21 Å². The molecule has 1 aliphatic rings. The fraction of sp³-hybridized carbons (Fsp3) is 0.227. The van der Waals surface area contributed by atoms with Crippen LogP contribution in [0.2, 0.25) is 0 Å². The molecule has 0 atom stereocenters. The number of carbonyl (C=O) groups excluding carboxylic acids is 1. The van der Waals surface area contributed by atoms with Crippen molar-refractivity contribution in [2.45, 2.75) is 24.7 Å². The van der Waals surface area contributed by atoms with E-state index in [1.165, 1.54) is 11.0 Å². The SMILES string of the molecule is CSc1ccc(C=C2C(C)=C(CCCN(O)C(N)=O)c3cc(F)ccc32)cc1. The monoisotopic (exact) mass is 398 g/mol. The molecular formula is C22H23FN2O2S. The molecule has 0 saturated carbocycles. The van der Waals surface area contributed by atoms with Crippen LogP contribution in [0, 0.1) is 5.82 Å². The third-order valence-electron chi connectivity index (χ3n) is 4.93. The van der Waals surface area contributed by atoms with Gasteiger partial charge in [-0.1, -0.05) is 18.2 Å². The Morgan fingerprint density at radius 1 is 1.21 bits per heavy atom. The summed E-state index contributed by atoms with van der Waals surface area (Å²) in [5.74, 6) is -0.282. The summed E-state index contributed by atoms with van der Waals surface area (Å²) in [7, 11) is 0. The van der Waals surface area contributed by atoms with Crippen LogP contribution in [0.4, 0.5) is 9.18 Å². The molecular weight excluding hydrogens is 375 g/mol.